The van der Waals surface area contributed by atoms with Crippen LogP contribution in [0.1, 0.15) is 0 Å². The number of fused-ring (bicyclic) bond motifs is 1. The molecule has 0 aliphatic rings. The van der Waals surface area contributed by atoms with Crippen LogP contribution in [0.4, 0.5) is 5.82 Å². The molecule has 3 rings (SSSR count). The Morgan fingerprint density at radius 2 is 2.19 bits per heavy atom. The van der Waals surface area contributed by atoms with E-state index in [4.69, 9.17) is 5.73 Å². The van der Waals surface area contributed by atoms with Crippen molar-refractivity contribution in [3.63, 3.8) is 0 Å². The highest BCUT2D eigenvalue weighted by molar-refractivity contribution is 5.81. The topological polar surface area (TPSA) is 118 Å². The average Bonchev–Trinajstić information content (AvgIpc) is 2.85. The molecule has 16 heavy (non-hydrogen) atoms. The third kappa shape index (κ3) is 1.10. The highest BCUT2D eigenvalue weighted by Crippen LogP contribution is 2.13. The van der Waals surface area contributed by atoms with Gasteiger partial charge in [-0.05, 0) is 0 Å². The summed E-state index contributed by atoms with van der Waals surface area (Å²) in [5, 5.41) is 0. The molecule has 0 saturated carbocycles. The van der Waals surface area contributed by atoms with Crippen LogP contribution >= 0.6 is 0 Å². The number of nitrogen functional groups attached to an aromatic ring is 1. The summed E-state index contributed by atoms with van der Waals surface area (Å²) in [6.07, 6.45) is 4.49. The molecule has 8 nitrogen and oxygen atoms in total. The number of hydrogen-bond donors (Lipinski definition) is 3. The second-order valence-electron chi connectivity index (χ2n) is 3.15. The highest BCUT2D eigenvalue weighted by atomic mass is 16.1. The lowest BCUT2D eigenvalue weighted by Gasteiger charge is -2.00. The van der Waals surface area contributed by atoms with E-state index in [1.807, 2.05) is 0 Å². The molecule has 80 valence electrons. The van der Waals surface area contributed by atoms with Crippen molar-refractivity contribution in [2.45, 2.75) is 0 Å². The molecule has 8 heteroatoms. The first-order valence-corrected chi connectivity index (χ1v) is 4.49. The Labute approximate surface area is 88.2 Å². The quantitative estimate of drug-likeness (QED) is 0.503. The van der Waals surface area contributed by atoms with Crippen LogP contribution in [0.25, 0.3) is 17.1 Å². The second kappa shape index (κ2) is 2.92. The number of anilines is 1. The Kier molecular flexibility index (Phi) is 1.58. The van der Waals surface area contributed by atoms with Gasteiger partial charge in [-0.15, -0.1) is 0 Å². The van der Waals surface area contributed by atoms with E-state index in [-0.39, 0.29) is 17.5 Å². The number of rotatable bonds is 1. The van der Waals surface area contributed by atoms with E-state index in [2.05, 4.69) is 24.9 Å². The van der Waals surface area contributed by atoms with Gasteiger partial charge in [0.1, 0.15) is 5.52 Å². The van der Waals surface area contributed by atoms with Crippen molar-refractivity contribution >= 4 is 17.0 Å². The zero-order valence-corrected chi connectivity index (χ0v) is 8.01. The summed E-state index contributed by atoms with van der Waals surface area (Å²) in [5.74, 6) is 0.453. The zero-order valence-electron chi connectivity index (χ0n) is 8.01. The summed E-state index contributed by atoms with van der Waals surface area (Å²) in [4.78, 5) is 28.8. The summed E-state index contributed by atoms with van der Waals surface area (Å²) >= 11 is 0. The number of hydrogen-bond acceptors (Lipinski definition) is 5. The van der Waals surface area contributed by atoms with Crippen molar-refractivity contribution in [1.29, 1.82) is 0 Å². The van der Waals surface area contributed by atoms with Crippen LogP contribution in [0.15, 0.2) is 23.5 Å². The van der Waals surface area contributed by atoms with E-state index in [1.54, 1.807) is 0 Å². The average molecular weight is 217 g/mol. The maximum atomic E-state index is 11.4. The van der Waals surface area contributed by atoms with Gasteiger partial charge in [0.05, 0.1) is 6.33 Å². The molecule has 0 amide bonds. The Bertz CT molecular complexity index is 706. The van der Waals surface area contributed by atoms with E-state index >= 15 is 0 Å². The number of nitrogens with zero attached hydrogens (tertiary/aromatic N) is 4. The third-order valence-electron chi connectivity index (χ3n) is 2.17. The summed E-state index contributed by atoms with van der Waals surface area (Å²) in [5.41, 5.74) is 6.37. The molecule has 0 saturated heterocycles. The zero-order chi connectivity index (χ0) is 11.1. The Hall–Kier alpha value is -2.64. The van der Waals surface area contributed by atoms with Gasteiger partial charge in [-0.25, -0.2) is 14.3 Å². The number of imidazole rings is 2. The minimum Gasteiger partial charge on any atom is -0.382 e. The predicted molar refractivity (Wildman–Crippen MR) is 56.0 cm³/mol. The number of H-pyrrole nitrogens is 2. The van der Waals surface area contributed by atoms with Crippen molar-refractivity contribution < 1.29 is 0 Å². The molecular weight excluding hydrogens is 210 g/mol. The molecule has 0 atom stereocenters. The van der Waals surface area contributed by atoms with E-state index in [0.717, 1.165) is 0 Å². The minimum absolute atomic E-state index is 0.198. The fraction of sp³-hybridized carbons (Fsp3) is 0. The lowest BCUT2D eigenvalue weighted by atomic mass is 10.5. The third-order valence-corrected chi connectivity index (χ3v) is 2.17. The molecule has 0 aliphatic carbocycles. The Morgan fingerprint density at radius 1 is 1.31 bits per heavy atom. The number of nitrogens with one attached hydrogen (secondary N) is 2. The van der Waals surface area contributed by atoms with E-state index in [1.165, 1.54) is 23.3 Å². The van der Waals surface area contributed by atoms with Crippen LogP contribution in [0.5, 0.6) is 0 Å². The minimum atomic E-state index is -0.325. The first-order valence-electron chi connectivity index (χ1n) is 4.49. The molecule has 0 unspecified atom stereocenters. The summed E-state index contributed by atoms with van der Waals surface area (Å²) < 4.78 is 1.25. The molecule has 3 aromatic rings. The van der Waals surface area contributed by atoms with Crippen LogP contribution in [-0.2, 0) is 0 Å². The van der Waals surface area contributed by atoms with Gasteiger partial charge < -0.3 is 15.7 Å². The van der Waals surface area contributed by atoms with Crippen LogP contribution in [0.2, 0.25) is 0 Å². The number of aromatic amines is 2. The van der Waals surface area contributed by atoms with Gasteiger partial charge in [0.25, 0.3) is 0 Å². The normalized spacial score (nSPS) is 11.0. The smallest absolute Gasteiger partial charge is 0.332 e. The van der Waals surface area contributed by atoms with Gasteiger partial charge in [-0.3, -0.25) is 0 Å². The second-order valence-corrected chi connectivity index (χ2v) is 3.15. The van der Waals surface area contributed by atoms with Gasteiger partial charge in [0, 0.05) is 12.4 Å². The molecule has 3 heterocycles. The van der Waals surface area contributed by atoms with Crippen molar-refractivity contribution in [1.82, 2.24) is 29.5 Å². The lowest BCUT2D eigenvalue weighted by molar-refractivity contribution is 0.899. The maximum Gasteiger partial charge on any atom is 0.332 e. The molecule has 3 aromatic heterocycles. The van der Waals surface area contributed by atoms with Crippen LogP contribution < -0.4 is 11.4 Å². The fourth-order valence-corrected chi connectivity index (χ4v) is 1.43. The van der Waals surface area contributed by atoms with Crippen molar-refractivity contribution in [2.75, 3.05) is 5.73 Å². The molecule has 0 bridgehead atoms. The van der Waals surface area contributed by atoms with Crippen molar-refractivity contribution in [3.8, 4) is 5.95 Å². The standard InChI is InChI=1S/C8H7N7O/c9-5-4-6(12-3-11-4)14-7(13-5)15-2-1-10-8(15)16/h1-3H,(H,10,16)(H3,9,11,12,13,14). The number of nitrogens with two attached hydrogens (primary N) is 1. The molecule has 0 aliphatic heterocycles. The van der Waals surface area contributed by atoms with Gasteiger partial charge >= 0.3 is 5.69 Å². The molecular formula is C8H7N7O. The monoisotopic (exact) mass is 217 g/mol. The van der Waals surface area contributed by atoms with Gasteiger partial charge in [0.15, 0.2) is 11.5 Å². The van der Waals surface area contributed by atoms with E-state index in [0.29, 0.717) is 11.2 Å². The van der Waals surface area contributed by atoms with Crippen LogP contribution in [0, 0.1) is 0 Å². The SMILES string of the molecule is Nc1nc(-n2cc[nH]c2=O)nc2nc[nH]c12. The maximum absolute atomic E-state index is 11.4. The van der Waals surface area contributed by atoms with Gasteiger partial charge in [0.2, 0.25) is 5.95 Å². The largest absolute Gasteiger partial charge is 0.382 e. The van der Waals surface area contributed by atoms with Gasteiger partial charge in [-0.1, -0.05) is 0 Å². The Balaban J connectivity index is 2.33. The van der Waals surface area contributed by atoms with Crippen molar-refractivity contribution in [2.24, 2.45) is 0 Å². The Morgan fingerprint density at radius 3 is 2.94 bits per heavy atom. The van der Waals surface area contributed by atoms with Gasteiger partial charge in [-0.2, -0.15) is 9.97 Å². The summed E-state index contributed by atoms with van der Waals surface area (Å²) in [6, 6.07) is 0. The fourth-order valence-electron chi connectivity index (χ4n) is 1.43. The van der Waals surface area contributed by atoms with Crippen LogP contribution in [0.3, 0.4) is 0 Å². The summed E-state index contributed by atoms with van der Waals surface area (Å²) in [7, 11) is 0. The van der Waals surface area contributed by atoms with Crippen molar-refractivity contribution in [3.05, 3.63) is 29.2 Å². The summed E-state index contributed by atoms with van der Waals surface area (Å²) in [6.45, 7) is 0. The first-order chi connectivity index (χ1) is 7.75. The van der Waals surface area contributed by atoms with Crippen LogP contribution in [-0.4, -0.2) is 29.5 Å². The predicted octanol–water partition coefficient (Wildman–Crippen LogP) is -0.586. The molecule has 0 radical (unpaired) electrons. The van der Waals surface area contributed by atoms with E-state index in [9.17, 15) is 4.79 Å². The molecule has 0 fully saturated rings. The molecule has 4 N–H and O–H groups in total. The molecule has 0 spiro atoms. The highest BCUT2D eigenvalue weighted by Gasteiger charge is 2.09. The number of aromatic nitrogens is 6. The molecule has 0 aromatic carbocycles. The lowest BCUT2D eigenvalue weighted by Crippen LogP contribution is -2.17. The van der Waals surface area contributed by atoms with E-state index < -0.39 is 0 Å². The first kappa shape index (κ1) is 8.65.